The molecule has 2 rings (SSSR count). The molecule has 0 bridgehead atoms. The maximum absolute atomic E-state index is 12.8. The summed E-state index contributed by atoms with van der Waals surface area (Å²) in [7, 11) is -2.02. The van der Waals surface area contributed by atoms with Crippen molar-refractivity contribution in [1.29, 1.82) is 0 Å². The Morgan fingerprint density at radius 1 is 1.24 bits per heavy atom. The molecule has 2 N–H and O–H groups in total. The first kappa shape index (κ1) is 19.8. The molecule has 1 amide bonds. The monoisotopic (exact) mass is 369 g/mol. The fraction of sp³-hybridized carbons (Fsp3) is 0.588. The van der Waals surface area contributed by atoms with Gasteiger partial charge in [-0.2, -0.15) is 4.31 Å². The van der Waals surface area contributed by atoms with Gasteiger partial charge in [0, 0.05) is 33.3 Å². The summed E-state index contributed by atoms with van der Waals surface area (Å²) < 4.78 is 31.9. The summed E-state index contributed by atoms with van der Waals surface area (Å²) in [6.45, 7) is 4.68. The number of carbonyl (C=O) groups is 1. The highest BCUT2D eigenvalue weighted by molar-refractivity contribution is 7.89. The summed E-state index contributed by atoms with van der Waals surface area (Å²) in [5.41, 5.74) is 0.996. The third-order valence-electron chi connectivity index (χ3n) is 4.22. The van der Waals surface area contributed by atoms with Crippen LogP contribution in [0, 0.1) is 6.92 Å². The van der Waals surface area contributed by atoms with Gasteiger partial charge in [0.05, 0.1) is 11.5 Å². The Balaban J connectivity index is 1.94. The zero-order chi connectivity index (χ0) is 18.3. The maximum atomic E-state index is 12.8. The molecule has 1 aliphatic rings. The zero-order valence-corrected chi connectivity index (χ0v) is 15.6. The molecule has 1 aromatic rings. The van der Waals surface area contributed by atoms with Crippen LogP contribution in [0.5, 0.6) is 0 Å². The lowest BCUT2D eigenvalue weighted by Gasteiger charge is -2.23. The highest BCUT2D eigenvalue weighted by Gasteiger charge is 2.39. The number of carbonyl (C=O) groups excluding carboxylic acids is 1. The highest BCUT2D eigenvalue weighted by atomic mass is 32.2. The van der Waals surface area contributed by atoms with Gasteiger partial charge in [-0.25, -0.2) is 8.42 Å². The third-order valence-corrected chi connectivity index (χ3v) is 6.14. The minimum absolute atomic E-state index is 0.235. The van der Waals surface area contributed by atoms with Crippen LogP contribution in [0.2, 0.25) is 0 Å². The Morgan fingerprint density at radius 3 is 2.64 bits per heavy atom. The van der Waals surface area contributed by atoms with Gasteiger partial charge in [0.25, 0.3) is 0 Å². The lowest BCUT2D eigenvalue weighted by Crippen LogP contribution is -2.47. The largest absolute Gasteiger partial charge is 0.383 e. The summed E-state index contributed by atoms with van der Waals surface area (Å²) in [6.07, 6.45) is 1.24. The van der Waals surface area contributed by atoms with Crippen molar-refractivity contribution >= 4 is 15.9 Å². The lowest BCUT2D eigenvalue weighted by molar-refractivity contribution is -0.124. The van der Waals surface area contributed by atoms with Crippen molar-refractivity contribution in [2.24, 2.45) is 0 Å². The fourth-order valence-corrected chi connectivity index (χ4v) is 4.48. The number of hydrogen-bond donors (Lipinski definition) is 2. The summed E-state index contributed by atoms with van der Waals surface area (Å²) in [5.74, 6) is -0.235. The average molecular weight is 369 g/mol. The van der Waals surface area contributed by atoms with Gasteiger partial charge < -0.3 is 15.4 Å². The van der Waals surface area contributed by atoms with Crippen LogP contribution in [-0.2, 0) is 19.6 Å². The van der Waals surface area contributed by atoms with Crippen LogP contribution < -0.4 is 10.6 Å². The van der Waals surface area contributed by atoms with E-state index in [-0.39, 0.29) is 10.8 Å². The van der Waals surface area contributed by atoms with Crippen molar-refractivity contribution in [3.63, 3.8) is 0 Å². The molecule has 0 radical (unpaired) electrons. The van der Waals surface area contributed by atoms with Crippen molar-refractivity contribution in [3.05, 3.63) is 29.8 Å². The average Bonchev–Trinajstić information content (AvgIpc) is 3.09. The van der Waals surface area contributed by atoms with E-state index in [4.69, 9.17) is 4.74 Å². The molecule has 1 heterocycles. The van der Waals surface area contributed by atoms with Gasteiger partial charge >= 0.3 is 0 Å². The molecule has 0 spiro atoms. The molecule has 140 valence electrons. The second-order valence-electron chi connectivity index (χ2n) is 6.12. The molecule has 1 unspecified atom stereocenters. The summed E-state index contributed by atoms with van der Waals surface area (Å²) >= 11 is 0. The molecule has 8 heteroatoms. The number of methoxy groups -OCH3 is 1. The van der Waals surface area contributed by atoms with E-state index in [1.54, 1.807) is 31.4 Å². The second kappa shape index (κ2) is 9.28. The predicted octanol–water partition coefficient (Wildman–Crippen LogP) is 0.500. The highest BCUT2D eigenvalue weighted by Crippen LogP contribution is 2.26. The molecule has 1 aliphatic heterocycles. The Kier molecular flexibility index (Phi) is 7.37. The first-order valence-corrected chi connectivity index (χ1v) is 9.96. The van der Waals surface area contributed by atoms with Crippen LogP contribution in [0.15, 0.2) is 29.2 Å². The molecule has 7 nitrogen and oxygen atoms in total. The molecular formula is C17H27N3O4S. The summed E-state index contributed by atoms with van der Waals surface area (Å²) in [6, 6.07) is 6.09. The van der Waals surface area contributed by atoms with Gasteiger partial charge in [-0.05, 0) is 31.9 Å². The van der Waals surface area contributed by atoms with E-state index in [1.807, 2.05) is 6.92 Å². The Bertz CT molecular complexity index is 661. The predicted molar refractivity (Wildman–Crippen MR) is 95.8 cm³/mol. The number of benzene rings is 1. The molecule has 1 atom stereocenters. The van der Waals surface area contributed by atoms with Crippen LogP contribution in [0.3, 0.4) is 0 Å². The first-order chi connectivity index (χ1) is 12.0. The van der Waals surface area contributed by atoms with Gasteiger partial charge in [-0.1, -0.05) is 17.7 Å². The van der Waals surface area contributed by atoms with Crippen molar-refractivity contribution in [2.45, 2.75) is 30.7 Å². The second-order valence-corrected chi connectivity index (χ2v) is 8.01. The lowest BCUT2D eigenvalue weighted by atomic mass is 10.2. The van der Waals surface area contributed by atoms with E-state index in [0.29, 0.717) is 45.6 Å². The quantitative estimate of drug-likeness (QED) is 0.619. The van der Waals surface area contributed by atoms with E-state index in [2.05, 4.69) is 10.6 Å². The van der Waals surface area contributed by atoms with Gasteiger partial charge in [0.1, 0.15) is 6.04 Å². The number of rotatable bonds is 9. The normalized spacial score (nSPS) is 18.4. The standard InChI is InChI=1S/C17H27N3O4S/c1-14-5-7-15(8-6-14)25(22,23)20-12-3-4-16(20)17(21)19-10-9-18-11-13-24-2/h5-8,16,18H,3-4,9-13H2,1-2H3,(H,19,21). The smallest absolute Gasteiger partial charge is 0.243 e. The van der Waals surface area contributed by atoms with Crippen molar-refractivity contribution in [1.82, 2.24) is 14.9 Å². The minimum Gasteiger partial charge on any atom is -0.383 e. The van der Waals surface area contributed by atoms with Crippen molar-refractivity contribution in [3.8, 4) is 0 Å². The van der Waals surface area contributed by atoms with Crippen LogP contribution in [-0.4, -0.2) is 64.6 Å². The van der Waals surface area contributed by atoms with E-state index in [9.17, 15) is 13.2 Å². The van der Waals surface area contributed by atoms with Gasteiger partial charge in [-0.3, -0.25) is 4.79 Å². The third kappa shape index (κ3) is 5.24. The van der Waals surface area contributed by atoms with Gasteiger partial charge in [0.15, 0.2) is 0 Å². The summed E-state index contributed by atoms with van der Waals surface area (Å²) in [4.78, 5) is 12.6. The SMILES string of the molecule is COCCNCCNC(=O)C1CCCN1S(=O)(=O)c1ccc(C)cc1. The minimum atomic E-state index is -3.65. The Hall–Kier alpha value is -1.48. The summed E-state index contributed by atoms with van der Waals surface area (Å²) in [5, 5.41) is 5.95. The number of ether oxygens (including phenoxy) is 1. The number of nitrogens with one attached hydrogen (secondary N) is 2. The molecule has 0 aromatic heterocycles. The van der Waals surface area contributed by atoms with Crippen molar-refractivity contribution in [2.75, 3.05) is 39.9 Å². The maximum Gasteiger partial charge on any atom is 0.243 e. The van der Waals surface area contributed by atoms with Gasteiger partial charge in [-0.15, -0.1) is 0 Å². The van der Waals surface area contributed by atoms with Crippen LogP contribution >= 0.6 is 0 Å². The van der Waals surface area contributed by atoms with E-state index < -0.39 is 16.1 Å². The van der Waals surface area contributed by atoms with E-state index in [0.717, 1.165) is 5.56 Å². The van der Waals surface area contributed by atoms with Crippen LogP contribution in [0.1, 0.15) is 18.4 Å². The number of hydrogen-bond acceptors (Lipinski definition) is 5. The number of amides is 1. The number of nitrogens with zero attached hydrogens (tertiary/aromatic N) is 1. The topological polar surface area (TPSA) is 87.7 Å². The van der Waals surface area contributed by atoms with Crippen LogP contribution in [0.4, 0.5) is 0 Å². The Morgan fingerprint density at radius 2 is 1.96 bits per heavy atom. The van der Waals surface area contributed by atoms with E-state index in [1.165, 1.54) is 4.31 Å². The van der Waals surface area contributed by atoms with Crippen molar-refractivity contribution < 1.29 is 17.9 Å². The molecule has 0 aliphatic carbocycles. The molecule has 1 aromatic carbocycles. The molecular weight excluding hydrogens is 342 g/mol. The zero-order valence-electron chi connectivity index (χ0n) is 14.8. The first-order valence-electron chi connectivity index (χ1n) is 8.52. The molecule has 1 fully saturated rings. The molecule has 1 saturated heterocycles. The molecule has 25 heavy (non-hydrogen) atoms. The van der Waals surface area contributed by atoms with Gasteiger partial charge in [0.2, 0.25) is 15.9 Å². The van der Waals surface area contributed by atoms with Crippen LogP contribution in [0.25, 0.3) is 0 Å². The number of aryl methyl sites for hydroxylation is 1. The van der Waals surface area contributed by atoms with E-state index >= 15 is 0 Å². The number of sulfonamides is 1. The Labute approximate surface area is 149 Å². The molecule has 0 saturated carbocycles. The fourth-order valence-electron chi connectivity index (χ4n) is 2.83.